The first-order valence-electron chi connectivity index (χ1n) is 6.29. The van der Waals surface area contributed by atoms with Crippen LogP contribution in [0.25, 0.3) is 10.2 Å². The summed E-state index contributed by atoms with van der Waals surface area (Å²) in [5.74, 6) is -0.0857. The maximum absolute atomic E-state index is 12.1. The molecule has 102 valence electrons. The zero-order valence-corrected chi connectivity index (χ0v) is 13.1. The Morgan fingerprint density at radius 2 is 1.80 bits per heavy atom. The van der Waals surface area contributed by atoms with Crippen molar-refractivity contribution in [2.75, 3.05) is 5.32 Å². The van der Waals surface area contributed by atoms with Gasteiger partial charge < -0.3 is 0 Å². The van der Waals surface area contributed by atoms with Crippen LogP contribution in [-0.4, -0.2) is 10.9 Å². The molecule has 0 saturated heterocycles. The lowest BCUT2D eigenvalue weighted by Gasteiger charge is -1.97. The third kappa shape index (κ3) is 2.34. The molecule has 5 heteroatoms. The van der Waals surface area contributed by atoms with Crippen molar-refractivity contribution < 1.29 is 4.79 Å². The van der Waals surface area contributed by atoms with Gasteiger partial charge in [-0.3, -0.25) is 10.1 Å². The first-order valence-corrected chi connectivity index (χ1v) is 7.92. The Bertz CT molecular complexity index is 762. The van der Waals surface area contributed by atoms with Crippen molar-refractivity contribution in [1.29, 1.82) is 0 Å². The summed E-state index contributed by atoms with van der Waals surface area (Å²) < 4.78 is 1.14. The Balaban J connectivity index is 1.93. The van der Waals surface area contributed by atoms with E-state index in [-0.39, 0.29) is 5.91 Å². The predicted molar refractivity (Wildman–Crippen MR) is 86.1 cm³/mol. The average molecular weight is 302 g/mol. The van der Waals surface area contributed by atoms with E-state index in [0.29, 0.717) is 5.13 Å². The number of benzene rings is 1. The number of rotatable bonds is 2. The molecule has 0 aliphatic rings. The van der Waals surface area contributed by atoms with E-state index in [2.05, 4.69) is 29.4 Å². The number of anilines is 1. The van der Waals surface area contributed by atoms with Gasteiger partial charge in [0.15, 0.2) is 5.13 Å². The van der Waals surface area contributed by atoms with E-state index in [9.17, 15) is 4.79 Å². The first-order chi connectivity index (χ1) is 9.54. The maximum Gasteiger partial charge on any atom is 0.267 e. The van der Waals surface area contributed by atoms with Crippen LogP contribution in [0.5, 0.6) is 0 Å². The fourth-order valence-electron chi connectivity index (χ4n) is 2.03. The lowest BCUT2D eigenvalue weighted by atomic mass is 10.1. The van der Waals surface area contributed by atoms with E-state index >= 15 is 0 Å². The number of nitrogens with zero attached hydrogens (tertiary/aromatic N) is 1. The number of thiophene rings is 1. The van der Waals surface area contributed by atoms with Crippen molar-refractivity contribution in [2.24, 2.45) is 0 Å². The zero-order valence-electron chi connectivity index (χ0n) is 11.5. The van der Waals surface area contributed by atoms with Crippen molar-refractivity contribution >= 4 is 43.9 Å². The zero-order chi connectivity index (χ0) is 14.3. The number of carbonyl (C=O) groups excluding carboxylic acids is 1. The Morgan fingerprint density at radius 3 is 2.45 bits per heavy atom. The van der Waals surface area contributed by atoms with E-state index in [0.717, 1.165) is 25.5 Å². The second-order valence-electron chi connectivity index (χ2n) is 4.76. The van der Waals surface area contributed by atoms with Crippen LogP contribution in [-0.2, 0) is 0 Å². The van der Waals surface area contributed by atoms with Crippen molar-refractivity contribution in [3.63, 3.8) is 0 Å². The third-order valence-electron chi connectivity index (χ3n) is 3.13. The minimum atomic E-state index is -0.0857. The largest absolute Gasteiger partial charge is 0.297 e. The molecule has 1 aromatic carbocycles. The fourth-order valence-corrected chi connectivity index (χ4v) is 3.80. The Labute approximate surface area is 125 Å². The number of fused-ring (bicyclic) bond motifs is 1. The lowest BCUT2D eigenvalue weighted by Crippen LogP contribution is -2.09. The summed E-state index contributed by atoms with van der Waals surface area (Å²) in [7, 11) is 0. The molecule has 2 heterocycles. The SMILES string of the molecule is Cc1ccc(C(=O)Nc2nc3c(C)ccc(C)c3s2)s1. The summed E-state index contributed by atoms with van der Waals surface area (Å²) in [5, 5.41) is 3.55. The number of thiazole rings is 1. The number of nitrogens with one attached hydrogen (secondary N) is 1. The van der Waals surface area contributed by atoms with Crippen LogP contribution < -0.4 is 5.32 Å². The van der Waals surface area contributed by atoms with Crippen LogP contribution in [0.4, 0.5) is 5.13 Å². The molecule has 3 aromatic rings. The highest BCUT2D eigenvalue weighted by Gasteiger charge is 2.13. The molecule has 3 nitrogen and oxygen atoms in total. The summed E-state index contributed by atoms with van der Waals surface area (Å²) in [4.78, 5) is 18.5. The van der Waals surface area contributed by atoms with Crippen molar-refractivity contribution in [1.82, 2.24) is 4.98 Å². The molecule has 3 rings (SSSR count). The highest BCUT2D eigenvalue weighted by atomic mass is 32.1. The van der Waals surface area contributed by atoms with Gasteiger partial charge >= 0.3 is 0 Å². The molecule has 1 amide bonds. The van der Waals surface area contributed by atoms with E-state index in [4.69, 9.17) is 0 Å². The van der Waals surface area contributed by atoms with Gasteiger partial charge in [0, 0.05) is 4.88 Å². The highest BCUT2D eigenvalue weighted by molar-refractivity contribution is 7.22. The summed E-state index contributed by atoms with van der Waals surface area (Å²) >= 11 is 3.02. The number of aromatic nitrogens is 1. The van der Waals surface area contributed by atoms with E-state index < -0.39 is 0 Å². The molecular formula is C15H14N2OS2. The van der Waals surface area contributed by atoms with Crippen molar-refractivity contribution in [3.05, 3.63) is 45.1 Å². The standard InChI is InChI=1S/C15H14N2OS2/c1-8-4-5-9(2)13-12(8)16-15(20-13)17-14(18)11-7-6-10(3)19-11/h4-7H,1-3H3,(H,16,17,18). The monoisotopic (exact) mass is 302 g/mol. The van der Waals surface area contributed by atoms with Gasteiger partial charge in [0.2, 0.25) is 0 Å². The van der Waals surface area contributed by atoms with E-state index in [1.165, 1.54) is 28.2 Å². The van der Waals surface area contributed by atoms with E-state index in [1.54, 1.807) is 0 Å². The molecule has 0 spiro atoms. The quantitative estimate of drug-likeness (QED) is 0.755. The summed E-state index contributed by atoms with van der Waals surface area (Å²) in [5.41, 5.74) is 3.30. The van der Waals surface area contributed by atoms with Gasteiger partial charge in [0.1, 0.15) is 0 Å². The molecule has 20 heavy (non-hydrogen) atoms. The fraction of sp³-hybridized carbons (Fsp3) is 0.200. The molecule has 0 unspecified atom stereocenters. The highest BCUT2D eigenvalue weighted by Crippen LogP contribution is 2.31. The predicted octanol–water partition coefficient (Wildman–Crippen LogP) is 4.54. The number of carbonyl (C=O) groups is 1. The van der Waals surface area contributed by atoms with Crippen LogP contribution in [0.1, 0.15) is 25.7 Å². The van der Waals surface area contributed by atoms with Crippen LogP contribution in [0, 0.1) is 20.8 Å². The number of aryl methyl sites for hydroxylation is 3. The molecule has 2 aromatic heterocycles. The number of amides is 1. The maximum atomic E-state index is 12.1. The normalized spacial score (nSPS) is 10.9. The molecular weight excluding hydrogens is 288 g/mol. The molecule has 1 N–H and O–H groups in total. The van der Waals surface area contributed by atoms with Crippen molar-refractivity contribution in [3.8, 4) is 0 Å². The van der Waals surface area contributed by atoms with Gasteiger partial charge in [-0.15, -0.1) is 11.3 Å². The molecule has 0 atom stereocenters. The van der Waals surface area contributed by atoms with Crippen LogP contribution in [0.15, 0.2) is 24.3 Å². The molecule has 0 fully saturated rings. The Morgan fingerprint density at radius 1 is 1.05 bits per heavy atom. The number of hydrogen-bond acceptors (Lipinski definition) is 4. The smallest absolute Gasteiger partial charge is 0.267 e. The van der Waals surface area contributed by atoms with Gasteiger partial charge in [-0.05, 0) is 44.0 Å². The van der Waals surface area contributed by atoms with Gasteiger partial charge in [0.25, 0.3) is 5.91 Å². The summed E-state index contributed by atoms with van der Waals surface area (Å²) in [6, 6.07) is 7.95. The average Bonchev–Trinajstić information content (AvgIpc) is 3.01. The summed E-state index contributed by atoms with van der Waals surface area (Å²) in [6.07, 6.45) is 0. The van der Waals surface area contributed by atoms with Gasteiger partial charge in [-0.25, -0.2) is 4.98 Å². The second-order valence-corrected chi connectivity index (χ2v) is 7.05. The van der Waals surface area contributed by atoms with Gasteiger partial charge in [-0.2, -0.15) is 0 Å². The first kappa shape index (κ1) is 13.3. The van der Waals surface area contributed by atoms with Gasteiger partial charge in [-0.1, -0.05) is 23.5 Å². The lowest BCUT2D eigenvalue weighted by molar-refractivity contribution is 0.103. The van der Waals surface area contributed by atoms with E-state index in [1.807, 2.05) is 26.0 Å². The molecule has 0 aliphatic heterocycles. The minimum absolute atomic E-state index is 0.0857. The number of hydrogen-bond donors (Lipinski definition) is 1. The molecule has 0 aliphatic carbocycles. The van der Waals surface area contributed by atoms with Crippen LogP contribution >= 0.6 is 22.7 Å². The Kier molecular flexibility index (Phi) is 3.31. The minimum Gasteiger partial charge on any atom is -0.297 e. The molecule has 0 radical (unpaired) electrons. The van der Waals surface area contributed by atoms with Crippen molar-refractivity contribution in [2.45, 2.75) is 20.8 Å². The topological polar surface area (TPSA) is 42.0 Å². The molecule has 0 bridgehead atoms. The third-order valence-corrected chi connectivity index (χ3v) is 5.23. The molecule has 0 saturated carbocycles. The van der Waals surface area contributed by atoms with Crippen LogP contribution in [0.2, 0.25) is 0 Å². The Hall–Kier alpha value is -1.72. The van der Waals surface area contributed by atoms with Crippen LogP contribution in [0.3, 0.4) is 0 Å². The van der Waals surface area contributed by atoms with Gasteiger partial charge in [0.05, 0.1) is 15.1 Å². The summed E-state index contributed by atoms with van der Waals surface area (Å²) in [6.45, 7) is 6.09. The second kappa shape index (κ2) is 5.00.